The zero-order valence-electron chi connectivity index (χ0n) is 20.5. The molecule has 37 heavy (non-hydrogen) atoms. The van der Waals surface area contributed by atoms with Gasteiger partial charge in [0.05, 0.1) is 30.3 Å². The number of piperazine rings is 1. The molecular weight excluding hydrogens is 481 g/mol. The van der Waals surface area contributed by atoms with Crippen molar-refractivity contribution in [1.82, 2.24) is 10.3 Å². The summed E-state index contributed by atoms with van der Waals surface area (Å²) < 4.78 is 46.0. The molecule has 0 saturated carbocycles. The van der Waals surface area contributed by atoms with Gasteiger partial charge in [-0.2, -0.15) is 13.2 Å². The highest BCUT2D eigenvalue weighted by Crippen LogP contribution is 2.41. The monoisotopic (exact) mass is 510 g/mol. The van der Waals surface area contributed by atoms with E-state index in [0.29, 0.717) is 38.2 Å². The second-order valence-electron chi connectivity index (χ2n) is 9.39. The maximum Gasteiger partial charge on any atom is 0.416 e. The van der Waals surface area contributed by atoms with E-state index in [1.54, 1.807) is 19.4 Å². The highest BCUT2D eigenvalue weighted by atomic mass is 19.4. The second-order valence-corrected chi connectivity index (χ2v) is 9.39. The van der Waals surface area contributed by atoms with Crippen LogP contribution in [0.1, 0.15) is 16.8 Å². The van der Waals surface area contributed by atoms with Gasteiger partial charge in [0.15, 0.2) is 0 Å². The number of methoxy groups -OCH3 is 1. The van der Waals surface area contributed by atoms with Gasteiger partial charge in [0.1, 0.15) is 5.75 Å². The van der Waals surface area contributed by atoms with E-state index in [2.05, 4.69) is 20.1 Å². The van der Waals surface area contributed by atoms with E-state index in [-0.39, 0.29) is 18.4 Å². The average molecular weight is 511 g/mol. The lowest BCUT2D eigenvalue weighted by Gasteiger charge is -2.49. The van der Waals surface area contributed by atoms with Gasteiger partial charge in [-0.15, -0.1) is 0 Å². The number of hydrogen-bond donors (Lipinski definition) is 1. The molecule has 1 fully saturated rings. The van der Waals surface area contributed by atoms with E-state index >= 15 is 0 Å². The molecule has 194 valence electrons. The van der Waals surface area contributed by atoms with Gasteiger partial charge in [-0.3, -0.25) is 9.78 Å². The minimum absolute atomic E-state index is 0.157. The van der Waals surface area contributed by atoms with Crippen molar-refractivity contribution in [1.29, 1.82) is 0 Å². The first-order chi connectivity index (χ1) is 17.8. The number of amides is 1. The zero-order chi connectivity index (χ0) is 26.0. The molecule has 2 aliphatic rings. The number of alkyl halides is 3. The van der Waals surface area contributed by atoms with Crippen molar-refractivity contribution in [2.45, 2.75) is 25.1 Å². The molecule has 6 nitrogen and oxygen atoms in total. The first-order valence-corrected chi connectivity index (χ1v) is 12.4. The highest BCUT2D eigenvalue weighted by molar-refractivity contribution is 5.82. The number of aromatic nitrogens is 1. The minimum Gasteiger partial charge on any atom is -0.495 e. The lowest BCUT2D eigenvalue weighted by atomic mass is 9.82. The molecule has 1 N–H and O–H groups in total. The molecular formula is C28H29F3N4O2. The molecule has 9 heteroatoms. The number of benzene rings is 2. The Morgan fingerprint density at radius 3 is 2.65 bits per heavy atom. The van der Waals surface area contributed by atoms with Crippen molar-refractivity contribution in [2.75, 3.05) is 43.1 Å². The molecule has 2 aliphatic heterocycles. The van der Waals surface area contributed by atoms with E-state index in [1.807, 2.05) is 42.5 Å². The Labute approximate surface area is 214 Å². The Bertz CT molecular complexity index is 1250. The molecule has 2 atom stereocenters. The third kappa shape index (κ3) is 5.21. The Morgan fingerprint density at radius 1 is 1.08 bits per heavy atom. The predicted octanol–water partition coefficient (Wildman–Crippen LogP) is 4.34. The van der Waals surface area contributed by atoms with Crippen LogP contribution in [0.15, 0.2) is 66.9 Å². The average Bonchev–Trinajstić information content (AvgIpc) is 2.92. The largest absolute Gasteiger partial charge is 0.495 e. The van der Waals surface area contributed by atoms with Crippen LogP contribution in [0.4, 0.5) is 24.5 Å². The molecule has 0 spiro atoms. The van der Waals surface area contributed by atoms with Gasteiger partial charge in [0.2, 0.25) is 5.91 Å². The van der Waals surface area contributed by atoms with Crippen molar-refractivity contribution in [3.05, 3.63) is 83.7 Å². The van der Waals surface area contributed by atoms with Crippen molar-refractivity contribution in [2.24, 2.45) is 5.92 Å². The number of nitrogens with one attached hydrogen (secondary N) is 1. The number of fused-ring (bicyclic) bond motifs is 3. The summed E-state index contributed by atoms with van der Waals surface area (Å²) in [6.45, 7) is 2.20. The van der Waals surface area contributed by atoms with Gasteiger partial charge >= 0.3 is 6.18 Å². The van der Waals surface area contributed by atoms with Crippen LogP contribution in [-0.2, 0) is 23.8 Å². The number of anilines is 2. The fourth-order valence-corrected chi connectivity index (χ4v) is 5.40. The Balaban J connectivity index is 1.42. The molecule has 5 rings (SSSR count). The maximum absolute atomic E-state index is 13.5. The predicted molar refractivity (Wildman–Crippen MR) is 136 cm³/mol. The second kappa shape index (κ2) is 10.3. The third-order valence-corrected chi connectivity index (χ3v) is 7.21. The number of pyridine rings is 1. The topological polar surface area (TPSA) is 57.7 Å². The first kappa shape index (κ1) is 24.9. The summed E-state index contributed by atoms with van der Waals surface area (Å²) in [7, 11) is 1.63. The molecule has 2 aromatic carbocycles. The number of nitrogens with zero attached hydrogens (tertiary/aromatic N) is 3. The summed E-state index contributed by atoms with van der Waals surface area (Å²) in [5, 5.41) is 3.02. The van der Waals surface area contributed by atoms with Crippen molar-refractivity contribution >= 4 is 17.3 Å². The van der Waals surface area contributed by atoms with E-state index in [1.165, 1.54) is 6.07 Å². The van der Waals surface area contributed by atoms with Crippen LogP contribution >= 0.6 is 0 Å². The molecule has 3 aromatic rings. The van der Waals surface area contributed by atoms with E-state index < -0.39 is 17.7 Å². The van der Waals surface area contributed by atoms with Crippen LogP contribution < -0.4 is 19.9 Å². The van der Waals surface area contributed by atoms with Gasteiger partial charge in [-0.05, 0) is 54.4 Å². The van der Waals surface area contributed by atoms with Gasteiger partial charge in [0.25, 0.3) is 0 Å². The number of carbonyl (C=O) groups is 1. The highest BCUT2D eigenvalue weighted by Gasteiger charge is 2.43. The quantitative estimate of drug-likeness (QED) is 0.535. The van der Waals surface area contributed by atoms with Gasteiger partial charge < -0.3 is 19.9 Å². The molecule has 1 amide bonds. The van der Waals surface area contributed by atoms with Gasteiger partial charge in [0, 0.05) is 50.2 Å². The minimum atomic E-state index is -4.44. The lowest BCUT2D eigenvalue weighted by Crippen LogP contribution is -2.61. The fraction of sp³-hybridized carbons (Fsp3) is 0.357. The van der Waals surface area contributed by atoms with Crippen LogP contribution in [0, 0.1) is 5.92 Å². The number of para-hydroxylation sites is 2. The Kier molecular flexibility index (Phi) is 6.95. The van der Waals surface area contributed by atoms with Crippen molar-refractivity contribution in [3.63, 3.8) is 0 Å². The van der Waals surface area contributed by atoms with Gasteiger partial charge in [-0.25, -0.2) is 0 Å². The molecule has 1 aromatic heterocycles. The maximum atomic E-state index is 13.5. The van der Waals surface area contributed by atoms with Crippen LogP contribution in [-0.4, -0.2) is 50.2 Å². The number of ether oxygens (including phenoxy) is 1. The molecule has 0 aliphatic carbocycles. The van der Waals surface area contributed by atoms with Crippen molar-refractivity contribution in [3.8, 4) is 5.75 Å². The molecule has 0 bridgehead atoms. The first-order valence-electron chi connectivity index (χ1n) is 12.4. The number of rotatable bonds is 6. The lowest BCUT2D eigenvalue weighted by molar-refractivity contribution is -0.137. The summed E-state index contributed by atoms with van der Waals surface area (Å²) in [5.41, 5.74) is 2.45. The Hall–Kier alpha value is -3.75. The van der Waals surface area contributed by atoms with Crippen LogP contribution in [0.3, 0.4) is 0 Å². The fourth-order valence-electron chi connectivity index (χ4n) is 5.40. The summed E-state index contributed by atoms with van der Waals surface area (Å²) in [4.78, 5) is 22.1. The third-order valence-electron chi connectivity index (χ3n) is 7.21. The van der Waals surface area contributed by atoms with Crippen LogP contribution in [0.2, 0.25) is 0 Å². The summed E-state index contributed by atoms with van der Waals surface area (Å²) in [5.74, 6) is 0.0893. The molecule has 0 radical (unpaired) electrons. The van der Waals surface area contributed by atoms with Crippen LogP contribution in [0.5, 0.6) is 5.75 Å². The number of hydrogen-bond acceptors (Lipinski definition) is 5. The van der Waals surface area contributed by atoms with E-state index in [4.69, 9.17) is 4.74 Å². The van der Waals surface area contributed by atoms with Gasteiger partial charge in [-0.1, -0.05) is 18.2 Å². The van der Waals surface area contributed by atoms with E-state index in [0.717, 1.165) is 28.9 Å². The molecule has 1 saturated heterocycles. The summed E-state index contributed by atoms with van der Waals surface area (Å²) in [6, 6.07) is 17.1. The number of halogens is 3. The number of carbonyl (C=O) groups excluding carboxylic acids is 1. The zero-order valence-corrected chi connectivity index (χ0v) is 20.5. The summed E-state index contributed by atoms with van der Waals surface area (Å²) in [6.07, 6.45) is -1.90. The normalized spacial score (nSPS) is 19.1. The van der Waals surface area contributed by atoms with Crippen molar-refractivity contribution < 1.29 is 22.7 Å². The standard InChI is InChI=1S/C28H29F3N4O2/c1-37-26-8-3-2-7-24(26)34-14-15-35-23-10-9-20(28(29,30)31)16-19(23)17-22(25(35)18-34)27(36)33-13-11-21-6-4-5-12-32-21/h2-10,12,16,22,25H,11,13-15,17-18H2,1H3,(H,33,36)/t22-,25+/m0/s1. The summed E-state index contributed by atoms with van der Waals surface area (Å²) >= 11 is 0. The molecule has 3 heterocycles. The van der Waals surface area contributed by atoms with Crippen LogP contribution in [0.25, 0.3) is 0 Å². The molecule has 0 unspecified atom stereocenters. The Morgan fingerprint density at radius 2 is 1.89 bits per heavy atom. The van der Waals surface area contributed by atoms with E-state index in [9.17, 15) is 18.0 Å². The SMILES string of the molecule is COc1ccccc1N1CCN2c3ccc(C(F)(F)F)cc3C[C@H](C(=O)NCCc3ccccn3)[C@H]2C1. The smallest absolute Gasteiger partial charge is 0.416 e.